The monoisotopic (exact) mass is 274 g/mol. The van der Waals surface area contributed by atoms with Crippen LogP contribution >= 0.6 is 0 Å². The number of para-hydroxylation sites is 2. The van der Waals surface area contributed by atoms with Crippen molar-refractivity contribution in [1.82, 2.24) is 0 Å². The topological polar surface area (TPSA) is 36.9 Å². The van der Waals surface area contributed by atoms with E-state index in [2.05, 4.69) is 14.0 Å². The summed E-state index contributed by atoms with van der Waals surface area (Å²) < 4.78 is 19.4. The van der Waals surface area contributed by atoms with E-state index in [0.29, 0.717) is 0 Å². The molecule has 0 aliphatic rings. The second-order valence-electron chi connectivity index (χ2n) is 3.72. The lowest BCUT2D eigenvalue weighted by atomic mass is 10.2. The van der Waals surface area contributed by atoms with E-state index in [1.54, 1.807) is 0 Å². The Labute approximate surface area is 120 Å². The quantitative estimate of drug-likeness (QED) is 0.783. The molecule has 0 saturated carbocycles. The highest BCUT2D eigenvalue weighted by Crippen LogP contribution is 2.19. The van der Waals surface area contributed by atoms with Gasteiger partial charge in [0, 0.05) is 21.3 Å². The van der Waals surface area contributed by atoms with Crippen LogP contribution in [0.4, 0.5) is 0 Å². The molecule has 4 nitrogen and oxygen atoms in total. The molecule has 2 aromatic carbocycles. The second-order valence-corrected chi connectivity index (χ2v) is 3.72. The molecule has 0 fully saturated rings. The van der Waals surface area contributed by atoms with E-state index >= 15 is 0 Å². The van der Waals surface area contributed by atoms with Crippen molar-refractivity contribution in [2.24, 2.45) is 0 Å². The lowest BCUT2D eigenvalue weighted by molar-refractivity contribution is 0.163. The Balaban J connectivity index is 0.000000246. The van der Waals surface area contributed by atoms with Gasteiger partial charge >= 0.3 is 7.32 Å². The van der Waals surface area contributed by atoms with Crippen LogP contribution < -0.4 is 4.74 Å². The fourth-order valence-corrected chi connectivity index (χ4v) is 1.40. The van der Waals surface area contributed by atoms with Crippen LogP contribution in [0, 0.1) is 0 Å². The van der Waals surface area contributed by atoms with Gasteiger partial charge < -0.3 is 18.7 Å². The molecule has 106 valence electrons. The normalized spacial score (nSPS) is 9.35. The Bertz CT molecular complexity index is 403. The van der Waals surface area contributed by atoms with Crippen molar-refractivity contribution in [3.63, 3.8) is 0 Å². The van der Waals surface area contributed by atoms with Crippen LogP contribution in [0.2, 0.25) is 0 Å². The Kier molecular flexibility index (Phi) is 8.14. The van der Waals surface area contributed by atoms with E-state index in [4.69, 9.17) is 4.74 Å². The van der Waals surface area contributed by atoms with Gasteiger partial charge in [0.25, 0.3) is 0 Å². The van der Waals surface area contributed by atoms with Gasteiger partial charge in [0.2, 0.25) is 0 Å². The molecule has 0 atom stereocenters. The van der Waals surface area contributed by atoms with Gasteiger partial charge in [-0.05, 0) is 24.3 Å². The van der Waals surface area contributed by atoms with Crippen LogP contribution in [0.15, 0.2) is 60.7 Å². The number of hydrogen-bond acceptors (Lipinski definition) is 4. The maximum absolute atomic E-state index is 5.58. The van der Waals surface area contributed by atoms with Crippen molar-refractivity contribution in [2.75, 3.05) is 21.3 Å². The molecule has 0 spiro atoms. The summed E-state index contributed by atoms with van der Waals surface area (Å²) in [6.45, 7) is 0. The third-order valence-electron chi connectivity index (χ3n) is 2.30. The van der Waals surface area contributed by atoms with Crippen LogP contribution in [0.3, 0.4) is 0 Å². The Morgan fingerprint density at radius 2 is 0.950 bits per heavy atom. The average Bonchev–Trinajstić information content (AvgIpc) is 2.52. The molecule has 0 bridgehead atoms. The maximum Gasteiger partial charge on any atom is 0.638 e. The van der Waals surface area contributed by atoms with Crippen LogP contribution in [-0.2, 0) is 14.0 Å². The van der Waals surface area contributed by atoms with Gasteiger partial charge in [-0.15, -0.1) is 0 Å². The molecule has 0 radical (unpaired) electrons. The number of benzene rings is 2. The molecule has 2 rings (SSSR count). The first-order valence-electron chi connectivity index (χ1n) is 6.16. The molecule has 0 saturated heterocycles. The summed E-state index contributed by atoms with van der Waals surface area (Å²) in [4.78, 5) is 0. The van der Waals surface area contributed by atoms with E-state index < -0.39 is 7.32 Å². The van der Waals surface area contributed by atoms with Crippen molar-refractivity contribution >= 4 is 7.32 Å². The van der Waals surface area contributed by atoms with Crippen LogP contribution in [0.5, 0.6) is 11.5 Å². The second kappa shape index (κ2) is 10.0. The molecule has 0 aliphatic carbocycles. The molecule has 0 amide bonds. The highest BCUT2D eigenvalue weighted by molar-refractivity contribution is 6.36. The predicted molar refractivity (Wildman–Crippen MR) is 79.7 cm³/mol. The predicted octanol–water partition coefficient (Wildman–Crippen LogP) is 3.39. The highest BCUT2D eigenvalue weighted by Gasteiger charge is 2.12. The summed E-state index contributed by atoms with van der Waals surface area (Å²) in [6.07, 6.45) is 0. The summed E-state index contributed by atoms with van der Waals surface area (Å²) in [5.41, 5.74) is 0. The first kappa shape index (κ1) is 16.2. The average molecular weight is 274 g/mol. The van der Waals surface area contributed by atoms with Crippen molar-refractivity contribution in [3.05, 3.63) is 60.7 Å². The van der Waals surface area contributed by atoms with Gasteiger partial charge in [-0.25, -0.2) is 0 Å². The zero-order valence-corrected chi connectivity index (χ0v) is 12.0. The fraction of sp³-hybridized carbons (Fsp3) is 0.200. The minimum atomic E-state index is -0.514. The van der Waals surface area contributed by atoms with Gasteiger partial charge in [0.15, 0.2) is 0 Å². The van der Waals surface area contributed by atoms with E-state index in [1.165, 1.54) is 21.3 Å². The third kappa shape index (κ3) is 6.38. The molecule has 5 heteroatoms. The Morgan fingerprint density at radius 1 is 0.600 bits per heavy atom. The van der Waals surface area contributed by atoms with Crippen LogP contribution in [0.1, 0.15) is 0 Å². The largest absolute Gasteiger partial charge is 0.638 e. The standard InChI is InChI=1S/C12H10O.C3H9BO3/c1-3-7-11(8-4-1)13-12-9-5-2-6-10-12;1-5-4(6-2)7-3/h1-10H;1-3H3. The molecule has 0 unspecified atom stereocenters. The molecule has 20 heavy (non-hydrogen) atoms. The third-order valence-corrected chi connectivity index (χ3v) is 2.30. The van der Waals surface area contributed by atoms with Crippen LogP contribution in [-0.4, -0.2) is 28.7 Å². The molecule has 0 heterocycles. The van der Waals surface area contributed by atoms with E-state index in [0.717, 1.165) is 11.5 Å². The van der Waals surface area contributed by atoms with Crippen molar-refractivity contribution in [1.29, 1.82) is 0 Å². The van der Waals surface area contributed by atoms with E-state index in [-0.39, 0.29) is 0 Å². The SMILES string of the molecule is COB(OC)OC.c1ccc(Oc2ccccc2)cc1. The molecular weight excluding hydrogens is 255 g/mol. The zero-order valence-electron chi connectivity index (χ0n) is 12.0. The van der Waals surface area contributed by atoms with Gasteiger partial charge in [-0.3, -0.25) is 0 Å². The minimum Gasteiger partial charge on any atom is -0.457 e. The van der Waals surface area contributed by atoms with Gasteiger partial charge in [0.1, 0.15) is 11.5 Å². The molecule has 0 N–H and O–H groups in total. The first-order chi connectivity index (χ1) is 9.80. The van der Waals surface area contributed by atoms with E-state index in [1.807, 2.05) is 60.7 Å². The highest BCUT2D eigenvalue weighted by atomic mass is 16.7. The fourth-order valence-electron chi connectivity index (χ4n) is 1.40. The first-order valence-corrected chi connectivity index (χ1v) is 6.16. The molecule has 0 aromatic heterocycles. The molecule has 2 aromatic rings. The Hall–Kier alpha value is -1.82. The zero-order chi connectivity index (χ0) is 14.6. The van der Waals surface area contributed by atoms with Gasteiger partial charge in [0.05, 0.1) is 0 Å². The van der Waals surface area contributed by atoms with Gasteiger partial charge in [-0.1, -0.05) is 36.4 Å². The number of ether oxygens (including phenoxy) is 1. The lowest BCUT2D eigenvalue weighted by Gasteiger charge is -2.03. The summed E-state index contributed by atoms with van der Waals surface area (Å²) in [5, 5.41) is 0. The van der Waals surface area contributed by atoms with Crippen molar-refractivity contribution < 1.29 is 18.7 Å². The smallest absolute Gasteiger partial charge is 0.457 e. The summed E-state index contributed by atoms with van der Waals surface area (Å²) in [6, 6.07) is 19.5. The number of hydrogen-bond donors (Lipinski definition) is 0. The lowest BCUT2D eigenvalue weighted by Crippen LogP contribution is -2.21. The maximum atomic E-state index is 5.58. The van der Waals surface area contributed by atoms with E-state index in [9.17, 15) is 0 Å². The summed E-state index contributed by atoms with van der Waals surface area (Å²) in [5.74, 6) is 1.74. The van der Waals surface area contributed by atoms with Gasteiger partial charge in [-0.2, -0.15) is 0 Å². The molecular formula is C15H19BO4. The van der Waals surface area contributed by atoms with Crippen molar-refractivity contribution in [2.45, 2.75) is 0 Å². The number of rotatable bonds is 5. The summed E-state index contributed by atoms with van der Waals surface area (Å²) >= 11 is 0. The van der Waals surface area contributed by atoms with Crippen LogP contribution in [0.25, 0.3) is 0 Å². The van der Waals surface area contributed by atoms with Crippen molar-refractivity contribution in [3.8, 4) is 11.5 Å². The Morgan fingerprint density at radius 3 is 1.20 bits per heavy atom. The summed E-state index contributed by atoms with van der Waals surface area (Å²) in [7, 11) is 4.02. The molecule has 0 aliphatic heterocycles. The minimum absolute atomic E-state index is 0.514.